The van der Waals surface area contributed by atoms with Gasteiger partial charge in [0.1, 0.15) is 18.1 Å². The molecule has 0 aromatic heterocycles. The summed E-state index contributed by atoms with van der Waals surface area (Å²) in [6, 6.07) is 15.4. The van der Waals surface area contributed by atoms with Crippen LogP contribution >= 0.6 is 0 Å². The van der Waals surface area contributed by atoms with E-state index in [0.717, 1.165) is 28.3 Å². The lowest BCUT2D eigenvalue weighted by atomic mass is 10.1. The summed E-state index contributed by atoms with van der Waals surface area (Å²) < 4.78 is 10.5. The lowest BCUT2D eigenvalue weighted by Gasteiger charge is -2.07. The summed E-state index contributed by atoms with van der Waals surface area (Å²) in [5, 5.41) is 4.15. The van der Waals surface area contributed by atoms with Crippen molar-refractivity contribution in [1.82, 2.24) is 0 Å². The quantitative estimate of drug-likeness (QED) is 0.601. The molecule has 0 heterocycles. The van der Waals surface area contributed by atoms with E-state index >= 15 is 0 Å². The first-order chi connectivity index (χ1) is 10.2. The Morgan fingerprint density at radius 2 is 1.81 bits per heavy atom. The minimum absolute atomic E-state index is 0.366. The van der Waals surface area contributed by atoms with E-state index in [4.69, 9.17) is 14.3 Å². The molecule has 0 spiro atoms. The van der Waals surface area contributed by atoms with Crippen molar-refractivity contribution in [3.63, 3.8) is 0 Å². The summed E-state index contributed by atoms with van der Waals surface area (Å²) in [5.74, 6) is 1.60. The second-order valence-electron chi connectivity index (χ2n) is 4.49. The van der Waals surface area contributed by atoms with Gasteiger partial charge in [0.25, 0.3) is 0 Å². The number of hydrogen-bond acceptors (Lipinski definition) is 4. The summed E-state index contributed by atoms with van der Waals surface area (Å²) >= 11 is 0. The molecule has 0 saturated heterocycles. The fourth-order valence-electron chi connectivity index (χ4n) is 1.92. The molecule has 4 heteroatoms. The number of rotatable bonds is 6. The van der Waals surface area contributed by atoms with Crippen molar-refractivity contribution in [2.45, 2.75) is 13.5 Å². The Balaban J connectivity index is 2.03. The van der Waals surface area contributed by atoms with Crippen molar-refractivity contribution < 1.29 is 14.3 Å². The largest absolute Gasteiger partial charge is 0.497 e. The molecular weight excluding hydrogens is 266 g/mol. The molecule has 0 N–H and O–H groups in total. The predicted octanol–water partition coefficient (Wildman–Crippen LogP) is 3.64. The zero-order valence-corrected chi connectivity index (χ0v) is 12.5. The smallest absolute Gasteiger partial charge is 0.145 e. The lowest BCUT2D eigenvalue weighted by Crippen LogP contribution is -1.98. The van der Waals surface area contributed by atoms with E-state index in [1.54, 1.807) is 14.2 Å². The Labute approximate surface area is 125 Å². The van der Waals surface area contributed by atoms with E-state index in [1.807, 2.05) is 55.5 Å². The van der Waals surface area contributed by atoms with Gasteiger partial charge < -0.3 is 14.3 Å². The number of para-hydroxylation sites is 1. The molecule has 0 aliphatic carbocycles. The van der Waals surface area contributed by atoms with Gasteiger partial charge in [-0.25, -0.2) is 0 Å². The van der Waals surface area contributed by atoms with Gasteiger partial charge in [0.15, 0.2) is 0 Å². The van der Waals surface area contributed by atoms with Crippen LogP contribution in [-0.4, -0.2) is 19.9 Å². The Hall–Kier alpha value is -2.49. The van der Waals surface area contributed by atoms with Crippen LogP contribution in [0.15, 0.2) is 53.7 Å². The third-order valence-electron chi connectivity index (χ3n) is 3.10. The molecule has 2 rings (SSSR count). The molecule has 0 bridgehead atoms. The van der Waals surface area contributed by atoms with Crippen LogP contribution in [0.3, 0.4) is 0 Å². The molecule has 0 radical (unpaired) electrons. The molecule has 0 fully saturated rings. The molecule has 4 nitrogen and oxygen atoms in total. The van der Waals surface area contributed by atoms with Crippen molar-refractivity contribution in [2.75, 3.05) is 14.2 Å². The average molecular weight is 285 g/mol. The van der Waals surface area contributed by atoms with Crippen LogP contribution in [0, 0.1) is 0 Å². The Morgan fingerprint density at radius 3 is 2.57 bits per heavy atom. The Bertz CT molecular complexity index is 623. The average Bonchev–Trinajstić information content (AvgIpc) is 2.55. The van der Waals surface area contributed by atoms with Crippen molar-refractivity contribution >= 4 is 5.71 Å². The van der Waals surface area contributed by atoms with Gasteiger partial charge in [-0.2, -0.15) is 0 Å². The normalized spacial score (nSPS) is 11.1. The van der Waals surface area contributed by atoms with E-state index in [1.165, 1.54) is 0 Å². The molecule has 2 aromatic carbocycles. The van der Waals surface area contributed by atoms with Gasteiger partial charge in [-0.1, -0.05) is 35.5 Å². The minimum Gasteiger partial charge on any atom is -0.497 e. The van der Waals surface area contributed by atoms with E-state index in [9.17, 15) is 0 Å². The first kappa shape index (κ1) is 14.9. The summed E-state index contributed by atoms with van der Waals surface area (Å²) in [6.45, 7) is 2.27. The van der Waals surface area contributed by atoms with Gasteiger partial charge in [0, 0.05) is 11.1 Å². The molecule has 0 amide bonds. The first-order valence-electron chi connectivity index (χ1n) is 6.67. The van der Waals surface area contributed by atoms with E-state index < -0.39 is 0 Å². The van der Waals surface area contributed by atoms with Gasteiger partial charge in [0.2, 0.25) is 0 Å². The second-order valence-corrected chi connectivity index (χ2v) is 4.49. The maximum Gasteiger partial charge on any atom is 0.145 e. The Kier molecular flexibility index (Phi) is 5.21. The lowest BCUT2D eigenvalue weighted by molar-refractivity contribution is 0.128. The number of ether oxygens (including phenoxy) is 2. The third kappa shape index (κ3) is 3.99. The maximum atomic E-state index is 5.42. The van der Waals surface area contributed by atoms with E-state index in [0.29, 0.717) is 6.61 Å². The summed E-state index contributed by atoms with van der Waals surface area (Å²) in [6.07, 6.45) is 0. The van der Waals surface area contributed by atoms with Crippen LogP contribution < -0.4 is 9.47 Å². The van der Waals surface area contributed by atoms with Crippen molar-refractivity contribution in [3.8, 4) is 11.5 Å². The SMILES string of the molecule is COc1cccc(C(C)=NOCc2ccccc2OC)c1. The summed E-state index contributed by atoms with van der Waals surface area (Å²) in [7, 11) is 3.29. The zero-order valence-electron chi connectivity index (χ0n) is 12.5. The third-order valence-corrected chi connectivity index (χ3v) is 3.10. The highest BCUT2D eigenvalue weighted by molar-refractivity contribution is 5.98. The fraction of sp³-hybridized carbons (Fsp3) is 0.235. The summed E-state index contributed by atoms with van der Waals surface area (Å²) in [5.41, 5.74) is 2.72. The Morgan fingerprint density at radius 1 is 1.00 bits per heavy atom. The highest BCUT2D eigenvalue weighted by Crippen LogP contribution is 2.18. The fourth-order valence-corrected chi connectivity index (χ4v) is 1.92. The van der Waals surface area contributed by atoms with Crippen LogP contribution in [0.1, 0.15) is 18.1 Å². The highest BCUT2D eigenvalue weighted by Gasteiger charge is 2.03. The van der Waals surface area contributed by atoms with Crippen molar-refractivity contribution in [1.29, 1.82) is 0 Å². The molecule has 0 unspecified atom stereocenters. The molecule has 21 heavy (non-hydrogen) atoms. The molecule has 0 saturated carbocycles. The molecule has 0 aliphatic heterocycles. The summed E-state index contributed by atoms with van der Waals surface area (Å²) in [4.78, 5) is 5.42. The molecule has 0 aliphatic rings. The number of methoxy groups -OCH3 is 2. The van der Waals surface area contributed by atoms with Crippen LogP contribution in [0.5, 0.6) is 11.5 Å². The van der Waals surface area contributed by atoms with Crippen LogP contribution in [0.2, 0.25) is 0 Å². The number of nitrogens with zero attached hydrogens (tertiary/aromatic N) is 1. The van der Waals surface area contributed by atoms with E-state index in [-0.39, 0.29) is 0 Å². The van der Waals surface area contributed by atoms with Crippen LogP contribution in [0.4, 0.5) is 0 Å². The predicted molar refractivity (Wildman–Crippen MR) is 83.0 cm³/mol. The standard InChI is InChI=1S/C17H19NO3/c1-13(14-8-6-9-16(11-14)19-2)18-21-12-15-7-4-5-10-17(15)20-3/h4-11H,12H2,1-3H3. The molecule has 2 aromatic rings. The van der Waals surface area contributed by atoms with Gasteiger partial charge in [0.05, 0.1) is 19.9 Å². The van der Waals surface area contributed by atoms with Crippen molar-refractivity contribution in [2.24, 2.45) is 5.16 Å². The number of benzene rings is 2. The zero-order chi connectivity index (χ0) is 15.1. The second kappa shape index (κ2) is 7.33. The molecule has 0 atom stereocenters. The minimum atomic E-state index is 0.366. The van der Waals surface area contributed by atoms with E-state index in [2.05, 4.69) is 5.16 Å². The van der Waals surface area contributed by atoms with Gasteiger partial charge in [-0.05, 0) is 25.1 Å². The maximum absolute atomic E-state index is 5.42. The van der Waals surface area contributed by atoms with Crippen molar-refractivity contribution in [3.05, 3.63) is 59.7 Å². The molecule has 110 valence electrons. The molecular formula is C17H19NO3. The van der Waals surface area contributed by atoms with Gasteiger partial charge >= 0.3 is 0 Å². The first-order valence-corrected chi connectivity index (χ1v) is 6.67. The van der Waals surface area contributed by atoms with Gasteiger partial charge in [-0.15, -0.1) is 0 Å². The van der Waals surface area contributed by atoms with Crippen LogP contribution in [0.25, 0.3) is 0 Å². The number of hydrogen-bond donors (Lipinski definition) is 0. The highest BCUT2D eigenvalue weighted by atomic mass is 16.6. The number of oxime groups is 1. The van der Waals surface area contributed by atoms with Gasteiger partial charge in [-0.3, -0.25) is 0 Å². The monoisotopic (exact) mass is 285 g/mol. The topological polar surface area (TPSA) is 40.0 Å². The van der Waals surface area contributed by atoms with Crippen LogP contribution in [-0.2, 0) is 11.4 Å².